The van der Waals surface area contributed by atoms with Crippen molar-refractivity contribution in [2.75, 3.05) is 19.7 Å². The normalized spacial score (nSPS) is 20.7. The van der Waals surface area contributed by atoms with Crippen LogP contribution >= 0.6 is 15.9 Å². The summed E-state index contributed by atoms with van der Waals surface area (Å²) in [5, 5.41) is 3.34. The van der Waals surface area contributed by atoms with Crippen molar-refractivity contribution in [3.63, 3.8) is 0 Å². The fourth-order valence-corrected chi connectivity index (χ4v) is 2.27. The molecule has 0 aliphatic carbocycles. The first kappa shape index (κ1) is 11.1. The molecule has 1 N–H and O–H groups in total. The van der Waals surface area contributed by atoms with Gasteiger partial charge in [-0.25, -0.2) is 0 Å². The Hall–Kier alpha value is -0.380. The number of hydrogen-bond donors (Lipinski definition) is 1. The van der Waals surface area contributed by atoms with Gasteiger partial charge in [-0.3, -0.25) is 0 Å². The van der Waals surface area contributed by atoms with Crippen LogP contribution < -0.4 is 5.32 Å². The van der Waals surface area contributed by atoms with Crippen LogP contribution in [0.1, 0.15) is 12.0 Å². The topological polar surface area (TPSA) is 21.3 Å². The minimum absolute atomic E-state index is 0.706. The van der Waals surface area contributed by atoms with Crippen LogP contribution in [0.15, 0.2) is 28.7 Å². The predicted molar refractivity (Wildman–Crippen MR) is 64.8 cm³/mol. The van der Waals surface area contributed by atoms with Crippen LogP contribution in [-0.2, 0) is 11.3 Å². The molecule has 15 heavy (non-hydrogen) atoms. The van der Waals surface area contributed by atoms with Crippen LogP contribution in [0, 0.1) is 5.92 Å². The summed E-state index contributed by atoms with van der Waals surface area (Å²) in [6.45, 7) is 3.85. The van der Waals surface area contributed by atoms with Gasteiger partial charge < -0.3 is 10.1 Å². The van der Waals surface area contributed by atoms with Crippen LogP contribution in [0.3, 0.4) is 0 Å². The molecule has 0 unspecified atom stereocenters. The van der Waals surface area contributed by atoms with Crippen molar-refractivity contribution in [3.8, 4) is 0 Å². The van der Waals surface area contributed by atoms with Crippen LogP contribution in [0.4, 0.5) is 0 Å². The van der Waals surface area contributed by atoms with E-state index in [1.54, 1.807) is 0 Å². The molecule has 2 nitrogen and oxygen atoms in total. The SMILES string of the molecule is Brc1cccc(COC[C@@H]2CCNC2)c1. The van der Waals surface area contributed by atoms with E-state index in [0.29, 0.717) is 5.92 Å². The van der Waals surface area contributed by atoms with Crippen LogP contribution in [-0.4, -0.2) is 19.7 Å². The Morgan fingerprint density at radius 2 is 2.40 bits per heavy atom. The van der Waals surface area contributed by atoms with Crippen LogP contribution in [0.2, 0.25) is 0 Å². The second-order valence-electron chi connectivity index (χ2n) is 4.00. The highest BCUT2D eigenvalue weighted by Crippen LogP contribution is 2.13. The van der Waals surface area contributed by atoms with E-state index in [4.69, 9.17) is 4.74 Å². The summed E-state index contributed by atoms with van der Waals surface area (Å²) in [5.74, 6) is 0.706. The maximum absolute atomic E-state index is 5.70. The number of nitrogens with one attached hydrogen (secondary N) is 1. The van der Waals surface area contributed by atoms with E-state index in [1.807, 2.05) is 12.1 Å². The highest BCUT2D eigenvalue weighted by molar-refractivity contribution is 9.10. The number of hydrogen-bond acceptors (Lipinski definition) is 2. The van der Waals surface area contributed by atoms with Gasteiger partial charge in [0.2, 0.25) is 0 Å². The predicted octanol–water partition coefficient (Wildman–Crippen LogP) is 2.58. The van der Waals surface area contributed by atoms with E-state index in [9.17, 15) is 0 Å². The maximum atomic E-state index is 5.70. The summed E-state index contributed by atoms with van der Waals surface area (Å²) in [4.78, 5) is 0. The molecule has 0 aromatic heterocycles. The number of ether oxygens (including phenoxy) is 1. The lowest BCUT2D eigenvalue weighted by molar-refractivity contribution is 0.0924. The summed E-state index contributed by atoms with van der Waals surface area (Å²) in [6, 6.07) is 8.27. The monoisotopic (exact) mass is 269 g/mol. The Morgan fingerprint density at radius 1 is 1.47 bits per heavy atom. The van der Waals surface area contributed by atoms with E-state index in [0.717, 1.165) is 30.8 Å². The van der Waals surface area contributed by atoms with Gasteiger partial charge in [0.05, 0.1) is 13.2 Å². The first-order valence-corrected chi connectivity index (χ1v) is 6.17. The number of rotatable bonds is 4. The average molecular weight is 270 g/mol. The Labute approximate surface area is 99.1 Å². The lowest BCUT2D eigenvalue weighted by atomic mass is 10.1. The third kappa shape index (κ3) is 3.59. The Morgan fingerprint density at radius 3 is 3.13 bits per heavy atom. The summed E-state index contributed by atoms with van der Waals surface area (Å²) in [7, 11) is 0. The van der Waals surface area contributed by atoms with Gasteiger partial charge in [-0.05, 0) is 36.6 Å². The zero-order valence-corrected chi connectivity index (χ0v) is 10.3. The van der Waals surface area contributed by atoms with Gasteiger partial charge in [-0.1, -0.05) is 28.1 Å². The second-order valence-corrected chi connectivity index (χ2v) is 4.92. The molecule has 1 saturated heterocycles. The summed E-state index contributed by atoms with van der Waals surface area (Å²) < 4.78 is 6.81. The van der Waals surface area contributed by atoms with Crippen LogP contribution in [0.5, 0.6) is 0 Å². The molecular weight excluding hydrogens is 254 g/mol. The molecule has 2 rings (SSSR count). The second kappa shape index (κ2) is 5.64. The Bertz CT molecular complexity index is 310. The summed E-state index contributed by atoms with van der Waals surface area (Å²) in [5.41, 5.74) is 1.23. The van der Waals surface area contributed by atoms with Crippen LogP contribution in [0.25, 0.3) is 0 Å². The van der Waals surface area contributed by atoms with E-state index in [-0.39, 0.29) is 0 Å². The maximum Gasteiger partial charge on any atom is 0.0717 e. The molecular formula is C12H16BrNO. The first-order chi connectivity index (χ1) is 7.34. The van der Waals surface area contributed by atoms with E-state index < -0.39 is 0 Å². The van der Waals surface area contributed by atoms with Crippen molar-refractivity contribution in [1.29, 1.82) is 0 Å². The van der Waals surface area contributed by atoms with Crippen molar-refractivity contribution in [3.05, 3.63) is 34.3 Å². The number of halogens is 1. The van der Waals surface area contributed by atoms with Crippen molar-refractivity contribution in [1.82, 2.24) is 5.32 Å². The van der Waals surface area contributed by atoms with Gasteiger partial charge in [0.15, 0.2) is 0 Å². The summed E-state index contributed by atoms with van der Waals surface area (Å²) in [6.07, 6.45) is 1.25. The van der Waals surface area contributed by atoms with Gasteiger partial charge in [-0.2, -0.15) is 0 Å². The van der Waals surface area contributed by atoms with Gasteiger partial charge in [0.25, 0.3) is 0 Å². The zero-order chi connectivity index (χ0) is 10.5. The molecule has 82 valence electrons. The minimum Gasteiger partial charge on any atom is -0.376 e. The third-order valence-electron chi connectivity index (χ3n) is 2.67. The lowest BCUT2D eigenvalue weighted by Crippen LogP contribution is -2.13. The molecule has 3 heteroatoms. The molecule has 1 aromatic rings. The smallest absolute Gasteiger partial charge is 0.0717 e. The molecule has 1 fully saturated rings. The van der Waals surface area contributed by atoms with Crippen molar-refractivity contribution >= 4 is 15.9 Å². The number of benzene rings is 1. The molecule has 1 aliphatic rings. The van der Waals surface area contributed by atoms with Gasteiger partial charge in [0, 0.05) is 11.0 Å². The molecule has 0 radical (unpaired) electrons. The lowest BCUT2D eigenvalue weighted by Gasteiger charge is -2.09. The quantitative estimate of drug-likeness (QED) is 0.908. The van der Waals surface area contributed by atoms with Crippen molar-refractivity contribution in [2.24, 2.45) is 5.92 Å². The van der Waals surface area contributed by atoms with E-state index in [2.05, 4.69) is 33.4 Å². The Balaban J connectivity index is 1.73. The molecule has 0 saturated carbocycles. The van der Waals surface area contributed by atoms with E-state index >= 15 is 0 Å². The molecule has 0 bridgehead atoms. The van der Waals surface area contributed by atoms with Crippen molar-refractivity contribution < 1.29 is 4.74 Å². The van der Waals surface area contributed by atoms with E-state index in [1.165, 1.54) is 12.0 Å². The first-order valence-electron chi connectivity index (χ1n) is 5.37. The largest absolute Gasteiger partial charge is 0.376 e. The fourth-order valence-electron chi connectivity index (χ4n) is 1.83. The molecule has 0 amide bonds. The molecule has 1 aromatic carbocycles. The fraction of sp³-hybridized carbons (Fsp3) is 0.500. The third-order valence-corrected chi connectivity index (χ3v) is 3.17. The highest BCUT2D eigenvalue weighted by Gasteiger charge is 2.13. The standard InChI is InChI=1S/C12H16BrNO/c13-12-3-1-2-10(6-12)8-15-9-11-4-5-14-7-11/h1-3,6,11,14H,4-5,7-9H2/t11-/m1/s1. The minimum atomic E-state index is 0.706. The van der Waals surface area contributed by atoms with Crippen molar-refractivity contribution in [2.45, 2.75) is 13.0 Å². The van der Waals surface area contributed by atoms with Gasteiger partial charge in [-0.15, -0.1) is 0 Å². The zero-order valence-electron chi connectivity index (χ0n) is 8.71. The van der Waals surface area contributed by atoms with Gasteiger partial charge >= 0.3 is 0 Å². The molecule has 1 heterocycles. The molecule has 1 aliphatic heterocycles. The Kier molecular flexibility index (Phi) is 4.18. The highest BCUT2D eigenvalue weighted by atomic mass is 79.9. The molecule has 0 spiro atoms. The summed E-state index contributed by atoms with van der Waals surface area (Å²) >= 11 is 3.45. The molecule has 1 atom stereocenters. The van der Waals surface area contributed by atoms with Gasteiger partial charge in [0.1, 0.15) is 0 Å². The average Bonchev–Trinajstić information content (AvgIpc) is 2.71.